The number of nitrogens with one attached hydrogen (secondary N) is 2. The van der Waals surface area contributed by atoms with E-state index in [9.17, 15) is 4.79 Å². The van der Waals surface area contributed by atoms with E-state index in [4.69, 9.17) is 4.74 Å². The van der Waals surface area contributed by atoms with Gasteiger partial charge in [-0.15, -0.1) is 0 Å². The van der Waals surface area contributed by atoms with Crippen molar-refractivity contribution in [3.63, 3.8) is 0 Å². The summed E-state index contributed by atoms with van der Waals surface area (Å²) in [6.45, 7) is 5.10. The first-order valence-electron chi connectivity index (χ1n) is 8.20. The van der Waals surface area contributed by atoms with Crippen LogP contribution in [-0.4, -0.2) is 29.2 Å². The summed E-state index contributed by atoms with van der Waals surface area (Å²) in [7, 11) is 1.58. The van der Waals surface area contributed by atoms with Crippen LogP contribution in [-0.2, 0) is 6.54 Å². The van der Waals surface area contributed by atoms with E-state index in [1.807, 2.05) is 56.3 Å². The molecule has 6 heteroatoms. The molecule has 1 aromatic heterocycles. The van der Waals surface area contributed by atoms with Gasteiger partial charge in [-0.05, 0) is 43.7 Å². The van der Waals surface area contributed by atoms with E-state index >= 15 is 0 Å². The number of carbonyl (C=O) groups is 1. The molecule has 3 aromatic rings. The molecule has 2 aromatic carbocycles. The number of aryl methyl sites for hydroxylation is 2. The Bertz CT molecular complexity index is 902. The first-order chi connectivity index (χ1) is 12.1. The van der Waals surface area contributed by atoms with Crippen molar-refractivity contribution < 1.29 is 9.53 Å². The van der Waals surface area contributed by atoms with E-state index in [2.05, 4.69) is 20.2 Å². The molecule has 0 saturated heterocycles. The van der Waals surface area contributed by atoms with Crippen molar-refractivity contribution >= 4 is 22.8 Å². The summed E-state index contributed by atoms with van der Waals surface area (Å²) in [5.41, 5.74) is 3.75. The Morgan fingerprint density at radius 2 is 2.00 bits per heavy atom. The van der Waals surface area contributed by atoms with Crippen molar-refractivity contribution in [1.82, 2.24) is 14.9 Å². The van der Waals surface area contributed by atoms with Gasteiger partial charge in [0.1, 0.15) is 11.6 Å². The third kappa shape index (κ3) is 3.74. The Kier molecular flexibility index (Phi) is 4.88. The van der Waals surface area contributed by atoms with Crippen LogP contribution < -0.4 is 15.4 Å². The van der Waals surface area contributed by atoms with Crippen LogP contribution in [0.1, 0.15) is 11.4 Å². The van der Waals surface area contributed by atoms with Gasteiger partial charge in [0.15, 0.2) is 0 Å². The van der Waals surface area contributed by atoms with Gasteiger partial charge in [0, 0.05) is 13.1 Å². The molecule has 0 bridgehead atoms. The predicted molar refractivity (Wildman–Crippen MR) is 99.2 cm³/mol. The van der Waals surface area contributed by atoms with Crippen LogP contribution in [0.4, 0.5) is 10.5 Å². The third-order valence-corrected chi connectivity index (χ3v) is 4.07. The van der Waals surface area contributed by atoms with Gasteiger partial charge < -0.3 is 19.9 Å². The lowest BCUT2D eigenvalue weighted by Gasteiger charge is -2.12. The number of aromatic nitrogens is 2. The number of benzene rings is 2. The minimum absolute atomic E-state index is 0.258. The SMILES string of the molecule is COc1ccc(C)cc1NC(=O)NCCn1c(C)nc2ccccc21. The average molecular weight is 338 g/mol. The number of anilines is 1. The van der Waals surface area contributed by atoms with Crippen molar-refractivity contribution in [2.75, 3.05) is 19.0 Å². The Hall–Kier alpha value is -3.02. The molecule has 25 heavy (non-hydrogen) atoms. The number of rotatable bonds is 5. The maximum Gasteiger partial charge on any atom is 0.319 e. The monoisotopic (exact) mass is 338 g/mol. The zero-order valence-corrected chi connectivity index (χ0v) is 14.7. The smallest absolute Gasteiger partial charge is 0.319 e. The molecule has 0 aliphatic carbocycles. The number of fused-ring (bicyclic) bond motifs is 1. The van der Waals surface area contributed by atoms with Crippen molar-refractivity contribution in [2.24, 2.45) is 0 Å². The van der Waals surface area contributed by atoms with Crippen LogP contribution in [0.25, 0.3) is 11.0 Å². The standard InChI is InChI=1S/C19H22N4O2/c1-13-8-9-18(25-3)16(12-13)22-19(24)20-10-11-23-14(2)21-15-6-4-5-7-17(15)23/h4-9,12H,10-11H2,1-3H3,(H2,20,22,24). The Balaban J connectivity index is 1.61. The summed E-state index contributed by atoms with van der Waals surface area (Å²) in [5.74, 6) is 1.57. The molecule has 1 heterocycles. The molecule has 6 nitrogen and oxygen atoms in total. The number of para-hydroxylation sites is 2. The number of methoxy groups -OCH3 is 1. The van der Waals surface area contributed by atoms with Crippen LogP contribution in [0.5, 0.6) is 5.75 Å². The first kappa shape index (κ1) is 16.8. The topological polar surface area (TPSA) is 68.2 Å². The minimum Gasteiger partial charge on any atom is -0.495 e. The number of hydrogen-bond donors (Lipinski definition) is 2. The molecular formula is C19H22N4O2. The number of urea groups is 1. The molecule has 0 saturated carbocycles. The lowest BCUT2D eigenvalue weighted by Crippen LogP contribution is -2.31. The number of carbonyl (C=O) groups excluding carboxylic acids is 1. The quantitative estimate of drug-likeness (QED) is 0.748. The maximum absolute atomic E-state index is 12.2. The zero-order valence-electron chi connectivity index (χ0n) is 14.7. The number of ether oxygens (including phenoxy) is 1. The number of nitrogens with zero attached hydrogens (tertiary/aromatic N) is 2. The molecule has 130 valence electrons. The summed E-state index contributed by atoms with van der Waals surface area (Å²) < 4.78 is 7.37. The van der Waals surface area contributed by atoms with Crippen LogP contribution >= 0.6 is 0 Å². The molecule has 0 aliphatic rings. The van der Waals surface area contributed by atoms with Gasteiger partial charge in [-0.2, -0.15) is 0 Å². The van der Waals surface area contributed by atoms with E-state index in [0.29, 0.717) is 24.5 Å². The summed E-state index contributed by atoms with van der Waals surface area (Å²) in [6.07, 6.45) is 0. The van der Waals surface area contributed by atoms with Gasteiger partial charge in [-0.1, -0.05) is 18.2 Å². The fourth-order valence-corrected chi connectivity index (χ4v) is 2.85. The highest BCUT2D eigenvalue weighted by molar-refractivity contribution is 5.91. The van der Waals surface area contributed by atoms with Crippen molar-refractivity contribution in [1.29, 1.82) is 0 Å². The van der Waals surface area contributed by atoms with Gasteiger partial charge in [0.05, 0.1) is 23.8 Å². The van der Waals surface area contributed by atoms with Gasteiger partial charge in [-0.3, -0.25) is 0 Å². The average Bonchev–Trinajstić information content (AvgIpc) is 2.91. The number of amides is 2. The largest absolute Gasteiger partial charge is 0.495 e. The fraction of sp³-hybridized carbons (Fsp3) is 0.263. The summed E-state index contributed by atoms with van der Waals surface area (Å²) in [5, 5.41) is 5.71. The van der Waals surface area contributed by atoms with Gasteiger partial charge in [-0.25, -0.2) is 9.78 Å². The van der Waals surface area contributed by atoms with Gasteiger partial charge in [0.25, 0.3) is 0 Å². The van der Waals surface area contributed by atoms with Crippen molar-refractivity contribution in [2.45, 2.75) is 20.4 Å². The second kappa shape index (κ2) is 7.25. The van der Waals surface area contributed by atoms with Crippen LogP contribution in [0, 0.1) is 13.8 Å². The van der Waals surface area contributed by atoms with E-state index in [1.165, 1.54) is 0 Å². The lowest BCUT2D eigenvalue weighted by atomic mass is 10.2. The molecule has 0 unspecified atom stereocenters. The second-order valence-corrected chi connectivity index (χ2v) is 5.88. The molecule has 3 rings (SSSR count). The molecule has 0 aliphatic heterocycles. The molecule has 0 radical (unpaired) electrons. The minimum atomic E-state index is -0.258. The number of hydrogen-bond acceptors (Lipinski definition) is 3. The summed E-state index contributed by atoms with van der Waals surface area (Å²) in [4.78, 5) is 16.7. The molecule has 0 atom stereocenters. The fourth-order valence-electron chi connectivity index (χ4n) is 2.85. The van der Waals surface area contributed by atoms with Crippen LogP contribution in [0.15, 0.2) is 42.5 Å². The highest BCUT2D eigenvalue weighted by atomic mass is 16.5. The summed E-state index contributed by atoms with van der Waals surface area (Å²) in [6, 6.07) is 13.4. The van der Waals surface area contributed by atoms with E-state index < -0.39 is 0 Å². The third-order valence-electron chi connectivity index (χ3n) is 4.07. The lowest BCUT2D eigenvalue weighted by molar-refractivity contribution is 0.251. The zero-order chi connectivity index (χ0) is 17.8. The van der Waals surface area contributed by atoms with Crippen LogP contribution in [0.2, 0.25) is 0 Å². The second-order valence-electron chi connectivity index (χ2n) is 5.88. The van der Waals surface area contributed by atoms with E-state index in [1.54, 1.807) is 7.11 Å². The Labute approximate surface area is 146 Å². The van der Waals surface area contributed by atoms with E-state index in [0.717, 1.165) is 22.4 Å². The predicted octanol–water partition coefficient (Wildman–Crippen LogP) is 3.48. The molecule has 0 fully saturated rings. The maximum atomic E-state index is 12.2. The van der Waals surface area contributed by atoms with E-state index in [-0.39, 0.29) is 6.03 Å². The van der Waals surface area contributed by atoms with Crippen molar-refractivity contribution in [3.8, 4) is 5.75 Å². The highest BCUT2D eigenvalue weighted by Crippen LogP contribution is 2.24. The van der Waals surface area contributed by atoms with Crippen molar-refractivity contribution in [3.05, 3.63) is 53.9 Å². The Morgan fingerprint density at radius 1 is 1.20 bits per heavy atom. The van der Waals surface area contributed by atoms with Gasteiger partial charge >= 0.3 is 6.03 Å². The number of imidazole rings is 1. The Morgan fingerprint density at radius 3 is 2.80 bits per heavy atom. The highest BCUT2D eigenvalue weighted by Gasteiger charge is 2.09. The van der Waals surface area contributed by atoms with Gasteiger partial charge in [0.2, 0.25) is 0 Å². The molecule has 0 spiro atoms. The normalized spacial score (nSPS) is 10.7. The van der Waals surface area contributed by atoms with Crippen LogP contribution in [0.3, 0.4) is 0 Å². The molecule has 2 N–H and O–H groups in total. The summed E-state index contributed by atoms with van der Waals surface area (Å²) >= 11 is 0. The molecular weight excluding hydrogens is 316 g/mol. The molecule has 2 amide bonds. The first-order valence-corrected chi connectivity index (χ1v) is 8.20.